The van der Waals surface area contributed by atoms with Gasteiger partial charge in [0.25, 0.3) is 0 Å². The molecule has 0 unspecified atom stereocenters. The topological polar surface area (TPSA) is 49.8 Å². The molecule has 0 spiro atoms. The van der Waals surface area contributed by atoms with Gasteiger partial charge in [0.1, 0.15) is 5.75 Å². The van der Waals surface area contributed by atoms with Gasteiger partial charge in [0.15, 0.2) is 0 Å². The van der Waals surface area contributed by atoms with E-state index in [9.17, 15) is 4.79 Å². The van der Waals surface area contributed by atoms with Gasteiger partial charge in [0.2, 0.25) is 0 Å². The van der Waals surface area contributed by atoms with Gasteiger partial charge in [-0.3, -0.25) is 4.79 Å². The van der Waals surface area contributed by atoms with Crippen molar-refractivity contribution in [2.75, 3.05) is 25.6 Å². The first-order valence-corrected chi connectivity index (χ1v) is 5.20. The summed E-state index contributed by atoms with van der Waals surface area (Å²) < 4.78 is 5.13. The number of hydrogen-bond donors (Lipinski definition) is 1. The van der Waals surface area contributed by atoms with Crippen LogP contribution in [0.5, 0.6) is 5.75 Å². The lowest BCUT2D eigenvalue weighted by Crippen LogP contribution is -2.19. The molecule has 0 saturated carbocycles. The zero-order chi connectivity index (χ0) is 12.0. The summed E-state index contributed by atoms with van der Waals surface area (Å²) in [5.41, 5.74) is 1.03. The smallest absolute Gasteiger partial charge is 0.303 e. The van der Waals surface area contributed by atoms with E-state index in [1.165, 1.54) is 0 Å². The molecule has 0 bridgehead atoms. The molecule has 16 heavy (non-hydrogen) atoms. The maximum absolute atomic E-state index is 10.4. The summed E-state index contributed by atoms with van der Waals surface area (Å²) in [6.45, 7) is 0.722. The van der Waals surface area contributed by atoms with Gasteiger partial charge in [-0.15, -0.1) is 0 Å². The Labute approximate surface area is 95.5 Å². The Morgan fingerprint density at radius 2 is 2.25 bits per heavy atom. The quantitative estimate of drug-likeness (QED) is 0.801. The van der Waals surface area contributed by atoms with Crippen LogP contribution in [0, 0.1) is 0 Å². The van der Waals surface area contributed by atoms with E-state index in [2.05, 4.69) is 0 Å². The van der Waals surface area contributed by atoms with Gasteiger partial charge in [-0.2, -0.15) is 0 Å². The van der Waals surface area contributed by atoms with Gasteiger partial charge in [-0.1, -0.05) is 6.07 Å². The molecule has 1 aromatic rings. The number of aliphatic carboxylic acids is 1. The van der Waals surface area contributed by atoms with Gasteiger partial charge in [-0.05, 0) is 18.6 Å². The summed E-state index contributed by atoms with van der Waals surface area (Å²) in [7, 11) is 3.57. The number of carbonyl (C=O) groups is 1. The van der Waals surface area contributed by atoms with Crippen molar-refractivity contribution in [2.45, 2.75) is 12.8 Å². The molecule has 4 nitrogen and oxygen atoms in total. The van der Waals surface area contributed by atoms with E-state index < -0.39 is 5.97 Å². The number of carboxylic acids is 1. The van der Waals surface area contributed by atoms with E-state index in [4.69, 9.17) is 9.84 Å². The number of nitrogens with zero attached hydrogens (tertiary/aromatic N) is 1. The maximum Gasteiger partial charge on any atom is 0.303 e. The minimum absolute atomic E-state index is 0.203. The Hall–Kier alpha value is -1.71. The van der Waals surface area contributed by atoms with Crippen LogP contribution >= 0.6 is 0 Å². The standard InChI is InChI=1S/C12H17NO3/c1-13(8-4-7-12(14)15)10-5-3-6-11(9-10)16-2/h3,5-6,9H,4,7-8H2,1-2H3,(H,14,15). The third kappa shape index (κ3) is 3.81. The Bertz CT molecular complexity index is 352. The Morgan fingerprint density at radius 1 is 1.50 bits per heavy atom. The molecule has 0 saturated heterocycles. The van der Waals surface area contributed by atoms with E-state index in [-0.39, 0.29) is 6.42 Å². The van der Waals surface area contributed by atoms with E-state index >= 15 is 0 Å². The molecule has 0 atom stereocenters. The fourth-order valence-electron chi connectivity index (χ4n) is 1.44. The van der Waals surface area contributed by atoms with Crippen LogP contribution in [0.4, 0.5) is 5.69 Å². The van der Waals surface area contributed by atoms with E-state index in [0.29, 0.717) is 6.42 Å². The van der Waals surface area contributed by atoms with Crippen molar-refractivity contribution >= 4 is 11.7 Å². The second kappa shape index (κ2) is 6.00. The molecule has 0 amide bonds. The van der Waals surface area contributed by atoms with Gasteiger partial charge >= 0.3 is 5.97 Å². The summed E-state index contributed by atoms with van der Waals surface area (Å²) in [6, 6.07) is 7.71. The molecule has 88 valence electrons. The lowest BCUT2D eigenvalue weighted by atomic mass is 10.2. The normalized spacial score (nSPS) is 9.88. The lowest BCUT2D eigenvalue weighted by Gasteiger charge is -2.19. The first-order chi connectivity index (χ1) is 7.63. The highest BCUT2D eigenvalue weighted by atomic mass is 16.5. The second-order valence-electron chi connectivity index (χ2n) is 3.62. The molecule has 0 aliphatic rings. The minimum Gasteiger partial charge on any atom is -0.497 e. The molecule has 4 heteroatoms. The van der Waals surface area contributed by atoms with Crippen LogP contribution in [0.2, 0.25) is 0 Å². The van der Waals surface area contributed by atoms with Crippen molar-refractivity contribution in [1.82, 2.24) is 0 Å². The van der Waals surface area contributed by atoms with Crippen LogP contribution in [0.3, 0.4) is 0 Å². The number of hydrogen-bond acceptors (Lipinski definition) is 3. The van der Waals surface area contributed by atoms with E-state index in [1.807, 2.05) is 36.2 Å². The summed E-state index contributed by atoms with van der Waals surface area (Å²) >= 11 is 0. The number of rotatable bonds is 6. The van der Waals surface area contributed by atoms with Crippen LogP contribution in [0.1, 0.15) is 12.8 Å². The largest absolute Gasteiger partial charge is 0.497 e. The number of ether oxygens (including phenoxy) is 1. The molecule has 0 aromatic heterocycles. The van der Waals surface area contributed by atoms with Gasteiger partial charge in [0.05, 0.1) is 7.11 Å². The average Bonchev–Trinajstić information content (AvgIpc) is 2.28. The molecule has 0 fully saturated rings. The number of methoxy groups -OCH3 is 1. The highest BCUT2D eigenvalue weighted by Gasteiger charge is 2.03. The van der Waals surface area contributed by atoms with Crippen molar-refractivity contribution < 1.29 is 14.6 Å². The summed E-state index contributed by atoms with van der Waals surface area (Å²) in [4.78, 5) is 12.4. The highest BCUT2D eigenvalue weighted by Crippen LogP contribution is 2.19. The van der Waals surface area contributed by atoms with Crippen LogP contribution in [-0.4, -0.2) is 31.8 Å². The number of anilines is 1. The van der Waals surface area contributed by atoms with Crippen LogP contribution in [-0.2, 0) is 4.79 Å². The zero-order valence-electron chi connectivity index (χ0n) is 9.64. The zero-order valence-corrected chi connectivity index (χ0v) is 9.64. The first kappa shape index (κ1) is 12.4. The Morgan fingerprint density at radius 3 is 2.88 bits per heavy atom. The van der Waals surface area contributed by atoms with Crippen LogP contribution < -0.4 is 9.64 Å². The van der Waals surface area contributed by atoms with Crippen molar-refractivity contribution in [2.24, 2.45) is 0 Å². The molecule has 0 aliphatic heterocycles. The SMILES string of the molecule is COc1cccc(N(C)CCCC(=O)O)c1. The third-order valence-corrected chi connectivity index (χ3v) is 2.38. The monoisotopic (exact) mass is 223 g/mol. The van der Waals surface area contributed by atoms with Crippen LogP contribution in [0.15, 0.2) is 24.3 Å². The molecule has 0 aliphatic carbocycles. The predicted octanol–water partition coefficient (Wildman–Crippen LogP) is 2.00. The lowest BCUT2D eigenvalue weighted by molar-refractivity contribution is -0.137. The Kier molecular flexibility index (Phi) is 4.64. The predicted molar refractivity (Wildman–Crippen MR) is 63.1 cm³/mol. The van der Waals surface area contributed by atoms with Crippen LogP contribution in [0.25, 0.3) is 0 Å². The highest BCUT2D eigenvalue weighted by molar-refractivity contribution is 5.66. The maximum atomic E-state index is 10.4. The van der Waals surface area contributed by atoms with Gasteiger partial charge in [-0.25, -0.2) is 0 Å². The van der Waals surface area contributed by atoms with Gasteiger partial charge < -0.3 is 14.7 Å². The fraction of sp³-hybridized carbons (Fsp3) is 0.417. The molecule has 1 aromatic carbocycles. The summed E-state index contributed by atoms with van der Waals surface area (Å²) in [5.74, 6) is 0.0571. The fourth-order valence-corrected chi connectivity index (χ4v) is 1.44. The van der Waals surface area contributed by atoms with Crippen molar-refractivity contribution in [3.63, 3.8) is 0 Å². The molecule has 1 rings (SSSR count). The summed E-state index contributed by atoms with van der Waals surface area (Å²) in [6.07, 6.45) is 0.845. The van der Waals surface area contributed by atoms with E-state index in [0.717, 1.165) is 18.0 Å². The number of carboxylic acid groups (broad SMARTS) is 1. The van der Waals surface area contributed by atoms with Crippen molar-refractivity contribution in [3.05, 3.63) is 24.3 Å². The molecule has 0 heterocycles. The molecular formula is C12H17NO3. The molecular weight excluding hydrogens is 206 g/mol. The van der Waals surface area contributed by atoms with Crippen molar-refractivity contribution in [1.29, 1.82) is 0 Å². The summed E-state index contributed by atoms with van der Waals surface area (Å²) in [5, 5.41) is 8.54. The Balaban J connectivity index is 2.51. The average molecular weight is 223 g/mol. The van der Waals surface area contributed by atoms with E-state index in [1.54, 1.807) is 7.11 Å². The van der Waals surface area contributed by atoms with Gasteiger partial charge in [0, 0.05) is 31.8 Å². The number of benzene rings is 1. The molecule has 1 N–H and O–H groups in total. The first-order valence-electron chi connectivity index (χ1n) is 5.20. The minimum atomic E-state index is -0.751. The third-order valence-electron chi connectivity index (χ3n) is 2.38. The molecule has 0 radical (unpaired) electrons. The second-order valence-corrected chi connectivity index (χ2v) is 3.62. The van der Waals surface area contributed by atoms with Crippen molar-refractivity contribution in [3.8, 4) is 5.75 Å².